The summed E-state index contributed by atoms with van der Waals surface area (Å²) in [6.45, 7) is 4.67. The fraction of sp³-hybridized carbons (Fsp3) is 0.643. The van der Waals surface area contributed by atoms with Crippen LogP contribution in [0.5, 0.6) is 0 Å². The highest BCUT2D eigenvalue weighted by Gasteiger charge is 2.14. The lowest BCUT2D eigenvalue weighted by Gasteiger charge is -2.12. The third-order valence-electron chi connectivity index (χ3n) is 2.97. The minimum atomic E-state index is -0.833. The van der Waals surface area contributed by atoms with E-state index >= 15 is 0 Å². The van der Waals surface area contributed by atoms with Crippen molar-refractivity contribution in [3.8, 4) is 0 Å². The van der Waals surface area contributed by atoms with Crippen LogP contribution in [0, 0.1) is 0 Å². The molecule has 5 heteroatoms. The summed E-state index contributed by atoms with van der Waals surface area (Å²) < 4.78 is 5.02. The fourth-order valence-electron chi connectivity index (χ4n) is 2.06. The van der Waals surface area contributed by atoms with Crippen LogP contribution in [0.15, 0.2) is 0 Å². The van der Waals surface area contributed by atoms with Crippen LogP contribution >= 0.6 is 0 Å². The van der Waals surface area contributed by atoms with Gasteiger partial charge in [0.2, 0.25) is 0 Å². The Labute approximate surface area is 114 Å². The van der Waals surface area contributed by atoms with Gasteiger partial charge in [-0.15, -0.1) is 0 Å². The van der Waals surface area contributed by atoms with Crippen molar-refractivity contribution >= 4 is 5.97 Å². The van der Waals surface area contributed by atoms with E-state index in [0.717, 1.165) is 48.5 Å². The van der Waals surface area contributed by atoms with Crippen LogP contribution in [0.4, 0.5) is 0 Å². The molecule has 1 heterocycles. The lowest BCUT2D eigenvalue weighted by atomic mass is 10.0. The second-order valence-electron chi connectivity index (χ2n) is 4.39. The molecule has 0 aliphatic carbocycles. The molecule has 19 heavy (non-hydrogen) atoms. The summed E-state index contributed by atoms with van der Waals surface area (Å²) in [5.41, 5.74) is 2.51. The fourth-order valence-corrected chi connectivity index (χ4v) is 2.06. The van der Waals surface area contributed by atoms with Crippen LogP contribution < -0.4 is 0 Å². The first-order valence-electron chi connectivity index (χ1n) is 6.70. The number of carbonyl (C=O) groups is 1. The molecule has 0 bridgehead atoms. The van der Waals surface area contributed by atoms with E-state index in [0.29, 0.717) is 6.61 Å². The predicted octanol–water partition coefficient (Wildman–Crippen LogP) is 1.81. The minimum absolute atomic E-state index is 0.00466. The van der Waals surface area contributed by atoms with Crippen molar-refractivity contribution in [1.82, 2.24) is 9.97 Å². The van der Waals surface area contributed by atoms with Crippen LogP contribution in [0.1, 0.15) is 43.0 Å². The molecule has 0 aliphatic rings. The van der Waals surface area contributed by atoms with Gasteiger partial charge in [-0.3, -0.25) is 4.79 Å². The second kappa shape index (κ2) is 7.84. The quantitative estimate of drug-likeness (QED) is 0.726. The molecule has 0 unspecified atom stereocenters. The molecular weight excluding hydrogens is 244 g/mol. The van der Waals surface area contributed by atoms with Crippen molar-refractivity contribution in [3.63, 3.8) is 0 Å². The van der Waals surface area contributed by atoms with E-state index in [1.54, 1.807) is 7.11 Å². The molecule has 1 aromatic rings. The van der Waals surface area contributed by atoms with Crippen LogP contribution in [0.2, 0.25) is 0 Å². The average molecular weight is 266 g/mol. The van der Waals surface area contributed by atoms with E-state index in [9.17, 15) is 4.79 Å². The molecule has 0 fully saturated rings. The van der Waals surface area contributed by atoms with Crippen molar-refractivity contribution in [1.29, 1.82) is 0 Å². The zero-order valence-corrected chi connectivity index (χ0v) is 11.9. The highest BCUT2D eigenvalue weighted by molar-refractivity contribution is 5.71. The Morgan fingerprint density at radius 1 is 1.21 bits per heavy atom. The maximum Gasteiger partial charge on any atom is 0.307 e. The van der Waals surface area contributed by atoms with E-state index in [2.05, 4.69) is 9.97 Å². The number of rotatable bonds is 8. The molecule has 0 amide bonds. The largest absolute Gasteiger partial charge is 0.481 e. The summed E-state index contributed by atoms with van der Waals surface area (Å²) in [6.07, 6.45) is 3.11. The zero-order chi connectivity index (χ0) is 14.3. The van der Waals surface area contributed by atoms with Crippen molar-refractivity contribution in [2.45, 2.75) is 46.0 Å². The second-order valence-corrected chi connectivity index (χ2v) is 4.39. The molecular formula is C14H22N2O3. The third kappa shape index (κ3) is 4.59. The Bertz CT molecular complexity index is 408. The number of carboxylic acids is 1. The van der Waals surface area contributed by atoms with Crippen LogP contribution in [0.25, 0.3) is 0 Å². The molecule has 5 nitrogen and oxygen atoms in total. The summed E-state index contributed by atoms with van der Waals surface area (Å²) in [7, 11) is 1.67. The van der Waals surface area contributed by atoms with E-state index < -0.39 is 5.97 Å². The summed E-state index contributed by atoms with van der Waals surface area (Å²) in [5.74, 6) is -0.0416. The van der Waals surface area contributed by atoms with Gasteiger partial charge >= 0.3 is 5.97 Å². The van der Waals surface area contributed by atoms with Gasteiger partial charge in [0, 0.05) is 37.1 Å². The molecule has 1 rings (SSSR count). The van der Waals surface area contributed by atoms with Gasteiger partial charge in [0.25, 0.3) is 0 Å². The van der Waals surface area contributed by atoms with Gasteiger partial charge in [-0.2, -0.15) is 0 Å². The number of aromatic nitrogens is 2. The summed E-state index contributed by atoms with van der Waals surface area (Å²) in [4.78, 5) is 19.9. The Morgan fingerprint density at radius 2 is 1.79 bits per heavy atom. The minimum Gasteiger partial charge on any atom is -0.481 e. The topological polar surface area (TPSA) is 72.3 Å². The van der Waals surface area contributed by atoms with Crippen LogP contribution in [-0.2, 0) is 35.2 Å². The zero-order valence-electron chi connectivity index (χ0n) is 11.9. The normalized spacial score (nSPS) is 10.7. The van der Waals surface area contributed by atoms with Gasteiger partial charge in [-0.05, 0) is 19.3 Å². The lowest BCUT2D eigenvalue weighted by Crippen LogP contribution is -2.13. The highest BCUT2D eigenvalue weighted by Crippen LogP contribution is 2.15. The number of hydrogen-bond donors (Lipinski definition) is 1. The number of nitrogens with zero attached hydrogens (tertiary/aromatic N) is 2. The van der Waals surface area contributed by atoms with Crippen LogP contribution in [-0.4, -0.2) is 34.8 Å². The van der Waals surface area contributed by atoms with Crippen molar-refractivity contribution in [2.75, 3.05) is 13.7 Å². The van der Waals surface area contributed by atoms with Gasteiger partial charge in [0.1, 0.15) is 5.82 Å². The Kier molecular flexibility index (Phi) is 6.42. The molecule has 0 spiro atoms. The van der Waals surface area contributed by atoms with Gasteiger partial charge in [-0.25, -0.2) is 9.97 Å². The van der Waals surface area contributed by atoms with Crippen LogP contribution in [0.3, 0.4) is 0 Å². The molecule has 0 saturated carbocycles. The summed E-state index contributed by atoms with van der Waals surface area (Å²) in [5, 5.41) is 8.98. The molecule has 1 aromatic heterocycles. The number of aliphatic carboxylic acids is 1. The van der Waals surface area contributed by atoms with Gasteiger partial charge in [0.05, 0.1) is 6.42 Å². The van der Waals surface area contributed by atoms with E-state index in [1.807, 2.05) is 13.8 Å². The average Bonchev–Trinajstić information content (AvgIpc) is 2.39. The first-order valence-corrected chi connectivity index (χ1v) is 6.70. The standard InChI is InChI=1S/C14H22N2O3/c1-4-11-10(9-14(17)18)12(5-2)16-13(15-11)7-6-8-19-3/h4-9H2,1-3H3,(H,17,18). The maximum absolute atomic E-state index is 10.9. The van der Waals surface area contributed by atoms with E-state index in [-0.39, 0.29) is 6.42 Å². The monoisotopic (exact) mass is 266 g/mol. The van der Waals surface area contributed by atoms with Gasteiger partial charge in [-0.1, -0.05) is 13.8 Å². The predicted molar refractivity (Wildman–Crippen MR) is 72.3 cm³/mol. The molecule has 1 N–H and O–H groups in total. The first-order chi connectivity index (χ1) is 9.12. The summed E-state index contributed by atoms with van der Waals surface area (Å²) >= 11 is 0. The maximum atomic E-state index is 10.9. The van der Waals surface area contributed by atoms with Gasteiger partial charge in [0.15, 0.2) is 0 Å². The molecule has 0 aliphatic heterocycles. The van der Waals surface area contributed by atoms with Crippen molar-refractivity contribution in [2.24, 2.45) is 0 Å². The van der Waals surface area contributed by atoms with E-state index in [4.69, 9.17) is 9.84 Å². The number of aryl methyl sites for hydroxylation is 3. The van der Waals surface area contributed by atoms with Crippen molar-refractivity contribution in [3.05, 3.63) is 22.8 Å². The molecule has 106 valence electrons. The van der Waals surface area contributed by atoms with E-state index in [1.165, 1.54) is 0 Å². The Hall–Kier alpha value is -1.49. The number of methoxy groups -OCH3 is 1. The van der Waals surface area contributed by atoms with Gasteiger partial charge < -0.3 is 9.84 Å². The Morgan fingerprint density at radius 3 is 2.21 bits per heavy atom. The SMILES string of the molecule is CCc1nc(CCCOC)nc(CC)c1CC(=O)O. The first kappa shape index (κ1) is 15.6. The van der Waals surface area contributed by atoms with Crippen molar-refractivity contribution < 1.29 is 14.6 Å². The summed E-state index contributed by atoms with van der Waals surface area (Å²) in [6, 6.07) is 0. The smallest absolute Gasteiger partial charge is 0.307 e. The number of hydrogen-bond acceptors (Lipinski definition) is 4. The molecule has 0 aromatic carbocycles. The molecule has 0 atom stereocenters. The lowest BCUT2D eigenvalue weighted by molar-refractivity contribution is -0.136. The Balaban J connectivity index is 3.01. The highest BCUT2D eigenvalue weighted by atomic mass is 16.5. The number of ether oxygens (including phenoxy) is 1. The number of carboxylic acid groups (broad SMARTS) is 1. The molecule has 0 saturated heterocycles. The third-order valence-corrected chi connectivity index (χ3v) is 2.97. The molecule has 0 radical (unpaired) electrons.